The standard InChI is InChI=1S/C17H17ClN2O5S/c1-12-2-5-14(6-3-12)26(23,24)9-8-17(22)25-11-16(21)20-15-7-4-13(18)10-19-15/h2-7,10H,8-9,11H2,1H3,(H,19,20,21). The SMILES string of the molecule is Cc1ccc(S(=O)(=O)CCC(=O)OCC(=O)Nc2ccc(Cl)cn2)cc1. The fourth-order valence-electron chi connectivity index (χ4n) is 1.93. The number of aryl methyl sites for hydroxylation is 1. The van der Waals surface area contributed by atoms with Crippen molar-refractivity contribution >= 4 is 39.1 Å². The van der Waals surface area contributed by atoms with Crippen LogP contribution >= 0.6 is 11.6 Å². The van der Waals surface area contributed by atoms with Crippen LogP contribution in [0.1, 0.15) is 12.0 Å². The summed E-state index contributed by atoms with van der Waals surface area (Å²) in [6, 6.07) is 9.38. The van der Waals surface area contributed by atoms with Crippen LogP contribution in [0, 0.1) is 6.92 Å². The monoisotopic (exact) mass is 396 g/mol. The van der Waals surface area contributed by atoms with E-state index in [1.165, 1.54) is 24.4 Å². The highest BCUT2D eigenvalue weighted by Crippen LogP contribution is 2.13. The van der Waals surface area contributed by atoms with Gasteiger partial charge < -0.3 is 10.1 Å². The van der Waals surface area contributed by atoms with Gasteiger partial charge in [-0.3, -0.25) is 9.59 Å². The molecule has 9 heteroatoms. The van der Waals surface area contributed by atoms with E-state index in [9.17, 15) is 18.0 Å². The van der Waals surface area contributed by atoms with E-state index in [0.29, 0.717) is 5.02 Å². The van der Waals surface area contributed by atoms with Gasteiger partial charge in [-0.2, -0.15) is 0 Å². The Morgan fingerprint density at radius 2 is 1.85 bits per heavy atom. The number of pyridine rings is 1. The van der Waals surface area contributed by atoms with Gasteiger partial charge in [-0.15, -0.1) is 0 Å². The van der Waals surface area contributed by atoms with E-state index in [0.717, 1.165) is 5.56 Å². The van der Waals surface area contributed by atoms with Crippen LogP contribution in [-0.2, 0) is 24.2 Å². The first kappa shape index (κ1) is 19.9. The molecule has 26 heavy (non-hydrogen) atoms. The number of amides is 1. The maximum atomic E-state index is 12.1. The summed E-state index contributed by atoms with van der Waals surface area (Å²) >= 11 is 5.68. The molecule has 0 aliphatic rings. The number of esters is 1. The van der Waals surface area contributed by atoms with Crippen molar-refractivity contribution in [3.8, 4) is 0 Å². The molecule has 0 aliphatic carbocycles. The van der Waals surface area contributed by atoms with Crippen molar-refractivity contribution in [2.75, 3.05) is 17.7 Å². The molecule has 0 unspecified atom stereocenters. The zero-order chi connectivity index (χ0) is 19.2. The Bertz CT molecular complexity index is 880. The molecule has 0 bridgehead atoms. The maximum absolute atomic E-state index is 12.1. The number of halogens is 1. The van der Waals surface area contributed by atoms with E-state index in [-0.39, 0.29) is 17.1 Å². The highest BCUT2D eigenvalue weighted by Gasteiger charge is 2.17. The van der Waals surface area contributed by atoms with Gasteiger partial charge in [0.15, 0.2) is 16.4 Å². The Kier molecular flexibility index (Phi) is 6.70. The quantitative estimate of drug-likeness (QED) is 0.721. The summed E-state index contributed by atoms with van der Waals surface area (Å²) in [6.45, 7) is 1.31. The molecule has 0 fully saturated rings. The molecule has 2 aromatic rings. The van der Waals surface area contributed by atoms with Crippen molar-refractivity contribution in [2.24, 2.45) is 0 Å². The molecule has 1 amide bonds. The highest BCUT2D eigenvalue weighted by molar-refractivity contribution is 7.91. The van der Waals surface area contributed by atoms with Crippen LogP contribution in [0.3, 0.4) is 0 Å². The summed E-state index contributed by atoms with van der Waals surface area (Å²) in [4.78, 5) is 27.4. The van der Waals surface area contributed by atoms with E-state index in [1.54, 1.807) is 18.2 Å². The van der Waals surface area contributed by atoms with Crippen molar-refractivity contribution in [1.82, 2.24) is 4.98 Å². The van der Waals surface area contributed by atoms with Gasteiger partial charge in [0, 0.05) is 6.20 Å². The van der Waals surface area contributed by atoms with E-state index in [4.69, 9.17) is 16.3 Å². The zero-order valence-electron chi connectivity index (χ0n) is 13.9. The molecule has 138 valence electrons. The van der Waals surface area contributed by atoms with Crippen molar-refractivity contribution in [2.45, 2.75) is 18.2 Å². The lowest BCUT2D eigenvalue weighted by atomic mass is 10.2. The first-order valence-electron chi connectivity index (χ1n) is 7.63. The average Bonchev–Trinajstić information content (AvgIpc) is 2.61. The van der Waals surface area contributed by atoms with Gasteiger partial charge >= 0.3 is 5.97 Å². The van der Waals surface area contributed by atoms with Gasteiger partial charge in [-0.05, 0) is 31.2 Å². The third-order valence-electron chi connectivity index (χ3n) is 3.31. The number of aromatic nitrogens is 1. The Labute approximate surface area is 156 Å². The van der Waals surface area contributed by atoms with Crippen LogP contribution in [0.4, 0.5) is 5.82 Å². The number of hydrogen-bond donors (Lipinski definition) is 1. The van der Waals surface area contributed by atoms with Crippen LogP contribution in [-0.4, -0.2) is 37.6 Å². The second kappa shape index (κ2) is 8.77. The number of carbonyl (C=O) groups excluding carboxylic acids is 2. The van der Waals surface area contributed by atoms with Gasteiger partial charge in [-0.1, -0.05) is 29.3 Å². The minimum Gasteiger partial charge on any atom is -0.456 e. The van der Waals surface area contributed by atoms with Crippen molar-refractivity contribution in [1.29, 1.82) is 0 Å². The lowest BCUT2D eigenvalue weighted by Crippen LogP contribution is -2.22. The lowest BCUT2D eigenvalue weighted by Gasteiger charge is -2.07. The molecule has 0 atom stereocenters. The van der Waals surface area contributed by atoms with Crippen LogP contribution in [0.5, 0.6) is 0 Å². The van der Waals surface area contributed by atoms with Crippen molar-refractivity contribution in [3.05, 3.63) is 53.2 Å². The van der Waals surface area contributed by atoms with Crippen molar-refractivity contribution in [3.63, 3.8) is 0 Å². The van der Waals surface area contributed by atoms with Crippen LogP contribution < -0.4 is 5.32 Å². The minimum atomic E-state index is -3.59. The molecule has 0 aliphatic heterocycles. The number of benzene rings is 1. The van der Waals surface area contributed by atoms with Gasteiger partial charge in [0.05, 0.1) is 22.1 Å². The summed E-state index contributed by atoms with van der Waals surface area (Å²) in [7, 11) is -3.59. The minimum absolute atomic E-state index is 0.141. The highest BCUT2D eigenvalue weighted by atomic mass is 35.5. The van der Waals surface area contributed by atoms with Gasteiger partial charge in [0.2, 0.25) is 0 Å². The molecule has 0 saturated carbocycles. The van der Waals surface area contributed by atoms with Crippen molar-refractivity contribution < 1.29 is 22.7 Å². The van der Waals surface area contributed by atoms with E-state index >= 15 is 0 Å². The third-order valence-corrected chi connectivity index (χ3v) is 5.27. The third kappa shape index (κ3) is 6.12. The first-order chi connectivity index (χ1) is 12.3. The molecule has 1 aromatic heterocycles. The van der Waals surface area contributed by atoms with Crippen LogP contribution in [0.25, 0.3) is 0 Å². The molecular formula is C17H17ClN2O5S. The van der Waals surface area contributed by atoms with Gasteiger partial charge in [0.1, 0.15) is 5.82 Å². The molecule has 0 radical (unpaired) electrons. The number of nitrogens with one attached hydrogen (secondary N) is 1. The topological polar surface area (TPSA) is 102 Å². The van der Waals surface area contributed by atoms with Crippen LogP contribution in [0.2, 0.25) is 5.02 Å². The summed E-state index contributed by atoms with van der Waals surface area (Å²) in [5, 5.41) is 2.84. The number of rotatable bonds is 7. The number of ether oxygens (including phenoxy) is 1. The second-order valence-corrected chi connectivity index (χ2v) is 8.00. The lowest BCUT2D eigenvalue weighted by molar-refractivity contribution is -0.146. The predicted octanol–water partition coefficient (Wildman–Crippen LogP) is 2.39. The molecule has 1 aromatic carbocycles. The number of anilines is 1. The smallest absolute Gasteiger partial charge is 0.307 e. The van der Waals surface area contributed by atoms with E-state index in [1.807, 2.05) is 6.92 Å². The zero-order valence-corrected chi connectivity index (χ0v) is 15.5. The molecule has 0 spiro atoms. The average molecular weight is 397 g/mol. The molecule has 1 N–H and O–H groups in total. The fourth-order valence-corrected chi connectivity index (χ4v) is 3.26. The predicted molar refractivity (Wildman–Crippen MR) is 96.7 cm³/mol. The number of sulfone groups is 1. The molecule has 2 rings (SSSR count). The van der Waals surface area contributed by atoms with E-state index in [2.05, 4.69) is 10.3 Å². The molecule has 7 nitrogen and oxygen atoms in total. The summed E-state index contributed by atoms with van der Waals surface area (Å²) < 4.78 is 29.1. The van der Waals surface area contributed by atoms with Gasteiger partial charge in [0.25, 0.3) is 5.91 Å². The normalized spacial score (nSPS) is 11.0. The number of carbonyl (C=O) groups is 2. The number of hydrogen-bond acceptors (Lipinski definition) is 6. The van der Waals surface area contributed by atoms with Crippen LogP contribution in [0.15, 0.2) is 47.5 Å². The molecular weight excluding hydrogens is 380 g/mol. The summed E-state index contributed by atoms with van der Waals surface area (Å²) in [5.41, 5.74) is 0.935. The van der Waals surface area contributed by atoms with Gasteiger partial charge in [-0.25, -0.2) is 13.4 Å². The number of nitrogens with zero attached hydrogens (tertiary/aromatic N) is 1. The molecule has 0 saturated heterocycles. The Balaban J connectivity index is 1.78. The second-order valence-electron chi connectivity index (χ2n) is 5.45. The maximum Gasteiger partial charge on any atom is 0.307 e. The summed E-state index contributed by atoms with van der Waals surface area (Å²) in [5.74, 6) is -1.50. The Morgan fingerprint density at radius 1 is 1.15 bits per heavy atom. The Morgan fingerprint density at radius 3 is 2.46 bits per heavy atom. The Hall–Kier alpha value is -2.45. The van der Waals surface area contributed by atoms with E-state index < -0.39 is 34.1 Å². The summed E-state index contributed by atoms with van der Waals surface area (Å²) in [6.07, 6.45) is 1.02. The first-order valence-corrected chi connectivity index (χ1v) is 9.66. The largest absolute Gasteiger partial charge is 0.456 e. The fraction of sp³-hybridized carbons (Fsp3) is 0.235. The molecule has 1 heterocycles.